The van der Waals surface area contributed by atoms with Gasteiger partial charge in [0.25, 0.3) is 5.91 Å². The van der Waals surface area contributed by atoms with Crippen molar-refractivity contribution in [2.24, 2.45) is 0 Å². The number of halogens is 1. The Morgan fingerprint density at radius 3 is 2.76 bits per heavy atom. The van der Waals surface area contributed by atoms with Gasteiger partial charge < -0.3 is 15.4 Å². The Bertz CT molecular complexity index is 523. The van der Waals surface area contributed by atoms with E-state index in [1.165, 1.54) is 6.07 Å². The van der Waals surface area contributed by atoms with Crippen LogP contribution in [0.25, 0.3) is 0 Å². The molecule has 0 bridgehead atoms. The van der Waals surface area contributed by atoms with Crippen molar-refractivity contribution in [3.63, 3.8) is 0 Å². The van der Waals surface area contributed by atoms with Crippen molar-refractivity contribution in [3.05, 3.63) is 29.6 Å². The minimum Gasteiger partial charge on any atom is -0.477 e. The van der Waals surface area contributed by atoms with Gasteiger partial charge in [-0.05, 0) is 13.0 Å². The summed E-state index contributed by atoms with van der Waals surface area (Å²) < 4.78 is 19.4. The van der Waals surface area contributed by atoms with Gasteiger partial charge in [-0.15, -0.1) is 6.42 Å². The molecular weight excluding hydrogens is 271 g/mol. The molecular formula is C16H21FN2O2. The minimum absolute atomic E-state index is 0.0917. The van der Waals surface area contributed by atoms with Crippen LogP contribution < -0.4 is 15.4 Å². The molecule has 0 saturated heterocycles. The molecule has 0 spiro atoms. The largest absolute Gasteiger partial charge is 0.477 e. The molecule has 5 heteroatoms. The summed E-state index contributed by atoms with van der Waals surface area (Å²) in [4.78, 5) is 11.7. The summed E-state index contributed by atoms with van der Waals surface area (Å²) in [5, 5.41) is 5.70. The van der Waals surface area contributed by atoms with E-state index >= 15 is 0 Å². The molecule has 1 atom stereocenters. The van der Waals surface area contributed by atoms with Crippen LogP contribution in [0.3, 0.4) is 0 Å². The zero-order valence-electron chi connectivity index (χ0n) is 12.6. The van der Waals surface area contributed by atoms with Gasteiger partial charge in [0.05, 0.1) is 6.54 Å². The molecule has 0 heterocycles. The monoisotopic (exact) mass is 292 g/mol. The molecule has 0 aliphatic heterocycles. The first-order chi connectivity index (χ1) is 9.95. The topological polar surface area (TPSA) is 50.4 Å². The second-order valence-corrected chi connectivity index (χ2v) is 4.95. The molecule has 1 rings (SSSR count). The van der Waals surface area contributed by atoms with Crippen molar-refractivity contribution >= 4 is 5.91 Å². The average Bonchev–Trinajstić information content (AvgIpc) is 2.45. The third-order valence-electron chi connectivity index (χ3n) is 2.78. The summed E-state index contributed by atoms with van der Waals surface area (Å²) in [6, 6.07) is 4.94. The van der Waals surface area contributed by atoms with Gasteiger partial charge in [-0.1, -0.05) is 31.9 Å². The number of hydrogen-bond donors (Lipinski definition) is 2. The lowest BCUT2D eigenvalue weighted by atomic mass is 10.1. The molecule has 21 heavy (non-hydrogen) atoms. The van der Waals surface area contributed by atoms with Crippen LogP contribution in [0, 0.1) is 18.2 Å². The molecule has 114 valence electrons. The summed E-state index contributed by atoms with van der Waals surface area (Å²) >= 11 is 0. The molecule has 1 aromatic rings. The summed E-state index contributed by atoms with van der Waals surface area (Å²) in [5.41, 5.74) is 0.667. The Kier molecular flexibility index (Phi) is 6.70. The van der Waals surface area contributed by atoms with Crippen LogP contribution in [-0.4, -0.2) is 24.6 Å². The molecule has 0 aliphatic carbocycles. The number of carbonyl (C=O) groups excluding carboxylic acids is 1. The van der Waals surface area contributed by atoms with Crippen LogP contribution in [0.1, 0.15) is 26.3 Å². The van der Waals surface area contributed by atoms with Gasteiger partial charge >= 0.3 is 0 Å². The molecule has 4 nitrogen and oxygen atoms in total. The molecule has 1 amide bonds. The quantitative estimate of drug-likeness (QED) is 0.754. The maximum absolute atomic E-state index is 13.9. The normalized spacial score (nSPS) is 11.8. The highest BCUT2D eigenvalue weighted by Gasteiger charge is 2.18. The van der Waals surface area contributed by atoms with Crippen LogP contribution in [0.5, 0.6) is 5.75 Å². The van der Waals surface area contributed by atoms with Gasteiger partial charge in [-0.25, -0.2) is 4.39 Å². The van der Waals surface area contributed by atoms with Crippen LogP contribution in [0.4, 0.5) is 4.39 Å². The first-order valence-corrected chi connectivity index (χ1v) is 6.84. The number of para-hydroxylation sites is 1. The molecule has 0 saturated carbocycles. The Hall–Kier alpha value is -2.06. The molecule has 0 aromatic heterocycles. The highest BCUT2D eigenvalue weighted by atomic mass is 19.1. The molecule has 0 aliphatic rings. The molecule has 1 unspecified atom stereocenters. The standard InChI is InChI=1S/C16H21FN2O2/c1-5-9-18-16(20)12(4)21-15-13(10-19-11(2)3)7-6-8-14(15)17/h1,6-8,11-12,19H,9-10H2,2-4H3,(H,18,20). The Balaban J connectivity index is 2.81. The number of amides is 1. The van der Waals surface area contributed by atoms with E-state index in [4.69, 9.17) is 11.2 Å². The van der Waals surface area contributed by atoms with Crippen LogP contribution >= 0.6 is 0 Å². The number of ether oxygens (including phenoxy) is 1. The maximum Gasteiger partial charge on any atom is 0.261 e. The van der Waals surface area contributed by atoms with E-state index in [0.717, 1.165) is 0 Å². The predicted molar refractivity (Wildman–Crippen MR) is 80.3 cm³/mol. The Labute approximate surface area is 125 Å². The van der Waals surface area contributed by atoms with Crippen molar-refractivity contribution in [1.82, 2.24) is 10.6 Å². The van der Waals surface area contributed by atoms with Crippen molar-refractivity contribution in [3.8, 4) is 18.1 Å². The number of terminal acetylenes is 1. The molecule has 1 aromatic carbocycles. The number of hydrogen-bond acceptors (Lipinski definition) is 3. The Morgan fingerprint density at radius 2 is 2.14 bits per heavy atom. The zero-order chi connectivity index (χ0) is 15.8. The second kappa shape index (κ2) is 8.28. The maximum atomic E-state index is 13.9. The van der Waals surface area contributed by atoms with Gasteiger partial charge in [0.15, 0.2) is 17.7 Å². The molecule has 0 radical (unpaired) electrons. The van der Waals surface area contributed by atoms with E-state index < -0.39 is 11.9 Å². The number of rotatable bonds is 7. The van der Waals surface area contributed by atoms with Crippen LogP contribution in [0.2, 0.25) is 0 Å². The highest BCUT2D eigenvalue weighted by molar-refractivity contribution is 5.80. The van der Waals surface area contributed by atoms with Gasteiger partial charge in [0.2, 0.25) is 0 Å². The van der Waals surface area contributed by atoms with Crippen molar-refractivity contribution < 1.29 is 13.9 Å². The fourth-order valence-electron chi connectivity index (χ4n) is 1.65. The van der Waals surface area contributed by atoms with E-state index in [9.17, 15) is 9.18 Å². The summed E-state index contributed by atoms with van der Waals surface area (Å²) in [6.45, 7) is 6.12. The SMILES string of the molecule is C#CCNC(=O)C(C)Oc1c(F)cccc1CNC(C)C. The number of benzene rings is 1. The van der Waals surface area contributed by atoms with E-state index in [-0.39, 0.29) is 24.2 Å². The zero-order valence-corrected chi connectivity index (χ0v) is 12.6. The summed E-state index contributed by atoms with van der Waals surface area (Å²) in [6.07, 6.45) is 4.25. The van der Waals surface area contributed by atoms with Gasteiger partial charge in [0, 0.05) is 18.2 Å². The van der Waals surface area contributed by atoms with Gasteiger partial charge in [-0.2, -0.15) is 0 Å². The highest BCUT2D eigenvalue weighted by Crippen LogP contribution is 2.24. The first-order valence-electron chi connectivity index (χ1n) is 6.84. The minimum atomic E-state index is -0.826. The van der Waals surface area contributed by atoms with Crippen LogP contribution in [0.15, 0.2) is 18.2 Å². The van der Waals surface area contributed by atoms with E-state index in [0.29, 0.717) is 12.1 Å². The number of nitrogens with one attached hydrogen (secondary N) is 2. The van der Waals surface area contributed by atoms with Gasteiger partial charge in [0.1, 0.15) is 0 Å². The van der Waals surface area contributed by atoms with Crippen molar-refractivity contribution in [2.45, 2.75) is 39.5 Å². The van der Waals surface area contributed by atoms with Crippen molar-refractivity contribution in [1.29, 1.82) is 0 Å². The fraction of sp³-hybridized carbons (Fsp3) is 0.438. The third-order valence-corrected chi connectivity index (χ3v) is 2.78. The Morgan fingerprint density at radius 1 is 1.43 bits per heavy atom. The lowest BCUT2D eigenvalue weighted by Gasteiger charge is -2.18. The van der Waals surface area contributed by atoms with E-state index in [1.54, 1.807) is 19.1 Å². The van der Waals surface area contributed by atoms with E-state index in [1.807, 2.05) is 13.8 Å². The van der Waals surface area contributed by atoms with E-state index in [2.05, 4.69) is 16.6 Å². The first kappa shape index (κ1) is 17.0. The fourth-order valence-corrected chi connectivity index (χ4v) is 1.65. The summed E-state index contributed by atoms with van der Waals surface area (Å²) in [7, 11) is 0. The molecule has 0 fully saturated rings. The summed E-state index contributed by atoms with van der Waals surface area (Å²) in [5.74, 6) is 1.53. The molecule has 2 N–H and O–H groups in total. The van der Waals surface area contributed by atoms with Crippen molar-refractivity contribution in [2.75, 3.05) is 6.54 Å². The smallest absolute Gasteiger partial charge is 0.261 e. The number of carbonyl (C=O) groups is 1. The lowest BCUT2D eigenvalue weighted by molar-refractivity contribution is -0.127. The van der Waals surface area contributed by atoms with Gasteiger partial charge in [-0.3, -0.25) is 4.79 Å². The van der Waals surface area contributed by atoms with Crippen LogP contribution in [-0.2, 0) is 11.3 Å². The predicted octanol–water partition coefficient (Wildman–Crippen LogP) is 1.84. The third kappa shape index (κ3) is 5.44. The second-order valence-electron chi connectivity index (χ2n) is 4.95. The average molecular weight is 292 g/mol. The lowest BCUT2D eigenvalue weighted by Crippen LogP contribution is -2.37.